The van der Waals surface area contributed by atoms with Gasteiger partial charge in [0.15, 0.2) is 11.5 Å². The highest BCUT2D eigenvalue weighted by molar-refractivity contribution is 5.90. The number of imidazole rings is 1. The van der Waals surface area contributed by atoms with Crippen molar-refractivity contribution in [1.82, 2.24) is 9.71 Å². The number of hydrogen-bond acceptors (Lipinski definition) is 7. The topological polar surface area (TPSA) is 103 Å². The van der Waals surface area contributed by atoms with Crippen LogP contribution in [-0.2, 0) is 9.53 Å². The number of nitrogens with zero attached hydrogens (tertiary/aromatic N) is 3. The number of hydrogen-bond donors (Lipinski definition) is 0. The van der Waals surface area contributed by atoms with Gasteiger partial charge in [-0.05, 0) is 38.0 Å². The van der Waals surface area contributed by atoms with Crippen LogP contribution in [0.3, 0.4) is 0 Å². The number of benzene rings is 1. The van der Waals surface area contributed by atoms with Crippen molar-refractivity contribution in [3.8, 4) is 23.2 Å². The Morgan fingerprint density at radius 2 is 2.03 bits per heavy atom. The molecule has 0 N–H and O–H groups in total. The number of rotatable bonds is 8. The minimum Gasteiger partial charge on any atom is -0.492 e. The minimum absolute atomic E-state index is 0.0210. The third-order valence-electron chi connectivity index (χ3n) is 4.28. The molecule has 0 bridgehead atoms. The van der Waals surface area contributed by atoms with E-state index in [9.17, 15) is 14.9 Å². The first-order valence-electron chi connectivity index (χ1n) is 9.44. The van der Waals surface area contributed by atoms with Crippen molar-refractivity contribution in [2.24, 2.45) is 5.92 Å². The number of nitriles is 1. The monoisotopic (exact) mass is 399 g/mol. The maximum atomic E-state index is 12.3. The summed E-state index contributed by atoms with van der Waals surface area (Å²) in [5, 5.41) is 9.53. The third kappa shape index (κ3) is 5.13. The lowest BCUT2D eigenvalue weighted by Gasteiger charge is -2.13. The first-order chi connectivity index (χ1) is 13.8. The van der Waals surface area contributed by atoms with Gasteiger partial charge in [0.2, 0.25) is 0 Å². The average molecular weight is 399 g/mol. The molecular formula is C21H25N3O5. The summed E-state index contributed by atoms with van der Waals surface area (Å²) in [7, 11) is 0. The number of ether oxygens (including phenoxy) is 2. The molecule has 2 rings (SSSR count). The van der Waals surface area contributed by atoms with E-state index in [1.807, 2.05) is 0 Å². The molecule has 1 aromatic heterocycles. The summed E-state index contributed by atoms with van der Waals surface area (Å²) in [5.74, 6) is -0.240. The number of carbonyl (C=O) groups is 2. The minimum atomic E-state index is -0.654. The van der Waals surface area contributed by atoms with Gasteiger partial charge in [-0.1, -0.05) is 20.3 Å². The van der Waals surface area contributed by atoms with Crippen LogP contribution in [0.5, 0.6) is 5.75 Å². The zero-order chi connectivity index (χ0) is 21.6. The zero-order valence-electron chi connectivity index (χ0n) is 17.3. The molecule has 0 aliphatic carbocycles. The van der Waals surface area contributed by atoms with Crippen LogP contribution in [0.2, 0.25) is 0 Å². The molecular weight excluding hydrogens is 374 g/mol. The predicted molar refractivity (Wildman–Crippen MR) is 105 cm³/mol. The van der Waals surface area contributed by atoms with Gasteiger partial charge in [-0.2, -0.15) is 5.26 Å². The summed E-state index contributed by atoms with van der Waals surface area (Å²) in [6.45, 7) is 9.32. The molecule has 1 atom stereocenters. The fourth-order valence-corrected chi connectivity index (χ4v) is 2.57. The lowest BCUT2D eigenvalue weighted by molar-refractivity contribution is -0.141. The molecule has 1 unspecified atom stereocenters. The molecule has 0 fully saturated rings. The van der Waals surface area contributed by atoms with Crippen molar-refractivity contribution < 1.29 is 23.9 Å². The van der Waals surface area contributed by atoms with Crippen molar-refractivity contribution in [1.29, 1.82) is 5.26 Å². The van der Waals surface area contributed by atoms with Crippen molar-refractivity contribution >= 4 is 11.9 Å². The summed E-state index contributed by atoms with van der Waals surface area (Å²) in [5.41, 5.74) is 1.18. The second-order valence-electron chi connectivity index (χ2n) is 6.61. The van der Waals surface area contributed by atoms with E-state index in [0.717, 1.165) is 11.2 Å². The maximum Gasteiger partial charge on any atom is 0.360 e. The molecule has 1 heterocycles. The first-order valence-corrected chi connectivity index (χ1v) is 9.44. The van der Waals surface area contributed by atoms with Crippen molar-refractivity contribution in [2.45, 2.75) is 41.0 Å². The third-order valence-corrected chi connectivity index (χ3v) is 4.28. The van der Waals surface area contributed by atoms with E-state index in [2.05, 4.69) is 24.9 Å². The molecule has 8 heteroatoms. The van der Waals surface area contributed by atoms with Gasteiger partial charge in [0.25, 0.3) is 0 Å². The van der Waals surface area contributed by atoms with Crippen LogP contribution in [0.25, 0.3) is 11.4 Å². The van der Waals surface area contributed by atoms with Gasteiger partial charge in [-0.25, -0.2) is 14.6 Å². The highest BCUT2D eigenvalue weighted by Crippen LogP contribution is 2.28. The molecule has 0 saturated carbocycles. The highest BCUT2D eigenvalue weighted by Gasteiger charge is 2.25. The van der Waals surface area contributed by atoms with Crippen molar-refractivity contribution in [2.75, 3.05) is 13.2 Å². The van der Waals surface area contributed by atoms with Crippen LogP contribution in [0, 0.1) is 24.2 Å². The number of aryl methyl sites for hydroxylation is 1. The number of esters is 1. The van der Waals surface area contributed by atoms with Crippen molar-refractivity contribution in [3.05, 3.63) is 35.2 Å². The Hall–Kier alpha value is -3.34. The smallest absolute Gasteiger partial charge is 0.360 e. The largest absolute Gasteiger partial charge is 0.492 e. The standard InChI is InChI=1S/C21H25N3O5/c1-6-13(3)12-28-18-9-8-16(10-17(18)11-22)20-23-14(4)19(21(26)27-7-2)24(20)29-15(5)25/h8-10,13H,6-7,12H2,1-5H3. The molecule has 0 spiro atoms. The van der Waals surface area contributed by atoms with E-state index in [-0.39, 0.29) is 18.1 Å². The average Bonchev–Trinajstić information content (AvgIpc) is 3.01. The van der Waals surface area contributed by atoms with E-state index in [4.69, 9.17) is 14.3 Å². The quantitative estimate of drug-likeness (QED) is 0.627. The van der Waals surface area contributed by atoms with Gasteiger partial charge in [0.05, 0.1) is 24.5 Å². The predicted octanol–water partition coefficient (Wildman–Crippen LogP) is 3.31. The highest BCUT2D eigenvalue weighted by atomic mass is 16.7. The molecule has 29 heavy (non-hydrogen) atoms. The Morgan fingerprint density at radius 1 is 1.31 bits per heavy atom. The van der Waals surface area contributed by atoms with E-state index in [1.54, 1.807) is 32.0 Å². The fourth-order valence-electron chi connectivity index (χ4n) is 2.57. The van der Waals surface area contributed by atoms with Gasteiger partial charge >= 0.3 is 11.9 Å². The van der Waals surface area contributed by atoms with Crippen molar-refractivity contribution in [3.63, 3.8) is 0 Å². The van der Waals surface area contributed by atoms with Gasteiger partial charge in [0.1, 0.15) is 11.8 Å². The van der Waals surface area contributed by atoms with Crippen LogP contribution >= 0.6 is 0 Å². The van der Waals surface area contributed by atoms with Gasteiger partial charge < -0.3 is 14.3 Å². The van der Waals surface area contributed by atoms with E-state index < -0.39 is 11.9 Å². The Morgan fingerprint density at radius 3 is 2.62 bits per heavy atom. The summed E-state index contributed by atoms with van der Waals surface area (Å²) in [6, 6.07) is 7.06. The molecule has 0 aliphatic heterocycles. The number of carbonyl (C=O) groups excluding carboxylic acids is 2. The second-order valence-corrected chi connectivity index (χ2v) is 6.61. The lowest BCUT2D eigenvalue weighted by atomic mass is 10.1. The molecule has 0 aliphatic rings. The molecule has 0 amide bonds. The summed E-state index contributed by atoms with van der Waals surface area (Å²) >= 11 is 0. The van der Waals surface area contributed by atoms with Crippen LogP contribution in [0.1, 0.15) is 55.9 Å². The molecule has 0 radical (unpaired) electrons. The normalized spacial score (nSPS) is 11.4. The van der Waals surface area contributed by atoms with Gasteiger partial charge in [0, 0.05) is 12.5 Å². The summed E-state index contributed by atoms with van der Waals surface area (Å²) in [4.78, 5) is 33.5. The van der Waals surface area contributed by atoms with Crippen LogP contribution in [0.4, 0.5) is 0 Å². The molecule has 0 saturated heterocycles. The molecule has 1 aromatic carbocycles. The van der Waals surface area contributed by atoms with Crippen LogP contribution < -0.4 is 9.57 Å². The Kier molecular flexibility index (Phi) is 7.37. The van der Waals surface area contributed by atoms with E-state index in [0.29, 0.717) is 35.1 Å². The lowest BCUT2D eigenvalue weighted by Crippen LogP contribution is -2.23. The molecule has 2 aromatic rings. The van der Waals surface area contributed by atoms with Crippen LogP contribution in [-0.4, -0.2) is 34.9 Å². The fraction of sp³-hybridized carbons (Fsp3) is 0.429. The first kappa shape index (κ1) is 22.0. The van der Waals surface area contributed by atoms with Crippen LogP contribution in [0.15, 0.2) is 18.2 Å². The maximum absolute atomic E-state index is 12.3. The van der Waals surface area contributed by atoms with Gasteiger partial charge in [-0.15, -0.1) is 4.73 Å². The molecule has 8 nitrogen and oxygen atoms in total. The zero-order valence-corrected chi connectivity index (χ0v) is 17.3. The van der Waals surface area contributed by atoms with E-state index in [1.165, 1.54) is 6.92 Å². The van der Waals surface area contributed by atoms with E-state index >= 15 is 0 Å². The summed E-state index contributed by atoms with van der Waals surface area (Å²) in [6.07, 6.45) is 0.968. The molecule has 154 valence electrons. The summed E-state index contributed by atoms with van der Waals surface area (Å²) < 4.78 is 11.8. The number of aromatic nitrogens is 2. The van der Waals surface area contributed by atoms with Gasteiger partial charge in [-0.3, -0.25) is 0 Å². The second kappa shape index (κ2) is 9.73. The SMILES string of the molecule is CCOC(=O)c1c(C)nc(-c2ccc(OCC(C)CC)c(C#N)c2)n1OC(C)=O. The Bertz CT molecular complexity index is 943. The Balaban J connectivity index is 2.50. The Labute approximate surface area is 170 Å².